The van der Waals surface area contributed by atoms with Crippen molar-refractivity contribution in [1.29, 1.82) is 0 Å². The van der Waals surface area contributed by atoms with Gasteiger partial charge in [0.1, 0.15) is 5.76 Å². The molecule has 0 amide bonds. The van der Waals surface area contributed by atoms with E-state index >= 15 is 0 Å². The maximum Gasteiger partial charge on any atom is 0.384 e. The number of rotatable bonds is 2. The van der Waals surface area contributed by atoms with E-state index in [-0.39, 0.29) is 6.07 Å². The Bertz CT molecular complexity index is 995. The van der Waals surface area contributed by atoms with Crippen molar-refractivity contribution >= 4 is 11.5 Å². The smallest absolute Gasteiger partial charge is 0.384 e. The normalized spacial score (nSPS) is 25.5. The van der Waals surface area contributed by atoms with Crippen LogP contribution >= 0.6 is 0 Å². The summed E-state index contributed by atoms with van der Waals surface area (Å²) in [5.74, 6) is -51.6. The molecular weight excluding hydrogens is 471 g/mol. The van der Waals surface area contributed by atoms with Crippen LogP contribution in [-0.2, 0) is 11.2 Å². The Morgan fingerprint density at radius 3 is 1.71 bits per heavy atom. The number of carbonyl (C=O) groups excluding carboxylic acids is 1. The number of hydrogen-bond donors (Lipinski definition) is 1. The minimum Gasteiger partial charge on any atom is -0.507 e. The van der Waals surface area contributed by atoms with Gasteiger partial charge in [0.05, 0.1) is 0 Å². The minimum atomic E-state index is -7.31. The van der Waals surface area contributed by atoms with Gasteiger partial charge in [-0.1, -0.05) is 0 Å². The molecular formula is C16H5F13O2. The predicted octanol–water partition coefficient (Wildman–Crippen LogP) is 5.30. The lowest BCUT2D eigenvalue weighted by atomic mass is 9.71. The zero-order valence-corrected chi connectivity index (χ0v) is 14.1. The Hall–Kier alpha value is -2.48. The Morgan fingerprint density at radius 2 is 1.26 bits per heavy atom. The van der Waals surface area contributed by atoms with E-state index in [0.29, 0.717) is 0 Å². The first-order valence-corrected chi connectivity index (χ1v) is 7.78. The minimum absolute atomic E-state index is 0.0160. The third-order valence-corrected chi connectivity index (χ3v) is 5.07. The first-order valence-electron chi connectivity index (χ1n) is 7.78. The summed E-state index contributed by atoms with van der Waals surface area (Å²) in [4.78, 5) is 12.2. The van der Waals surface area contributed by atoms with Crippen LogP contribution in [0.5, 0.6) is 0 Å². The molecule has 1 aromatic carbocycles. The molecule has 1 fully saturated rings. The van der Waals surface area contributed by atoms with Crippen LogP contribution in [0.4, 0.5) is 57.1 Å². The van der Waals surface area contributed by atoms with E-state index in [1.54, 1.807) is 0 Å². The number of fused-ring (bicyclic) bond motifs is 1. The molecule has 0 unspecified atom stereocenters. The number of alkyl halides is 10. The average Bonchev–Trinajstić information content (AvgIpc) is 2.94. The van der Waals surface area contributed by atoms with E-state index in [0.717, 1.165) is 0 Å². The zero-order chi connectivity index (χ0) is 24.1. The summed E-state index contributed by atoms with van der Waals surface area (Å²) in [6, 6.07) is -0.0160. The summed E-state index contributed by atoms with van der Waals surface area (Å²) in [6.07, 6.45) is -1.58. The van der Waals surface area contributed by atoms with Gasteiger partial charge in [-0.15, -0.1) is 0 Å². The maximum absolute atomic E-state index is 14.0. The van der Waals surface area contributed by atoms with Crippen molar-refractivity contribution in [1.82, 2.24) is 0 Å². The van der Waals surface area contributed by atoms with E-state index in [1.807, 2.05) is 0 Å². The van der Waals surface area contributed by atoms with Crippen LogP contribution in [0.2, 0.25) is 0 Å². The molecule has 0 spiro atoms. The van der Waals surface area contributed by atoms with Crippen molar-refractivity contribution in [3.8, 4) is 0 Å². The highest BCUT2D eigenvalue weighted by Gasteiger charge is 2.96. The molecule has 0 aliphatic heterocycles. The first kappa shape index (κ1) is 23.2. The lowest BCUT2D eigenvalue weighted by Gasteiger charge is -2.49. The molecule has 172 valence electrons. The summed E-state index contributed by atoms with van der Waals surface area (Å²) in [7, 11) is 0. The summed E-state index contributed by atoms with van der Waals surface area (Å²) < 4.78 is 177. The zero-order valence-electron chi connectivity index (χ0n) is 14.1. The third-order valence-electron chi connectivity index (χ3n) is 5.07. The van der Waals surface area contributed by atoms with Gasteiger partial charge in [0.25, 0.3) is 0 Å². The van der Waals surface area contributed by atoms with Crippen LogP contribution in [0.25, 0.3) is 5.76 Å². The quantitative estimate of drug-likeness (QED) is 0.465. The Morgan fingerprint density at radius 1 is 0.806 bits per heavy atom. The van der Waals surface area contributed by atoms with Gasteiger partial charge in [-0.2, -0.15) is 43.9 Å². The molecule has 1 saturated carbocycles. The van der Waals surface area contributed by atoms with Gasteiger partial charge < -0.3 is 5.11 Å². The Labute approximate surface area is 161 Å². The molecule has 0 bridgehead atoms. The number of aliphatic hydroxyl groups excluding tert-OH is 1. The van der Waals surface area contributed by atoms with E-state index < -0.39 is 87.6 Å². The standard InChI is InChI=1S/C16H5F13O2/c17-6-2-4-3(7(18)8(6)19)1-5(9(4)30)10(31)11-12(20,21)14(24,25)16(28,29)15(26,27)13(11,22)23/h2,11,30H,1H2. The number of hydrogen-bond acceptors (Lipinski definition) is 2. The molecule has 1 N–H and O–H groups in total. The summed E-state index contributed by atoms with van der Waals surface area (Å²) in [6.45, 7) is 0. The molecule has 1 aromatic rings. The molecule has 2 aliphatic rings. The van der Waals surface area contributed by atoms with Crippen molar-refractivity contribution in [2.24, 2.45) is 5.92 Å². The highest BCUT2D eigenvalue weighted by Crippen LogP contribution is 2.67. The SMILES string of the molecule is O=C(C1=C(O)c2cc(F)c(F)c(F)c2C1)C1C(F)(F)C(F)(F)C(F)(F)C(F)(F)C1(F)F. The molecule has 31 heavy (non-hydrogen) atoms. The molecule has 0 saturated heterocycles. The van der Waals surface area contributed by atoms with Crippen molar-refractivity contribution in [2.45, 2.75) is 36.0 Å². The van der Waals surface area contributed by atoms with Crippen LogP contribution in [0, 0.1) is 23.4 Å². The number of halogens is 13. The highest BCUT2D eigenvalue weighted by atomic mass is 19.4. The van der Waals surface area contributed by atoms with Gasteiger partial charge in [0.2, 0.25) is 0 Å². The summed E-state index contributed by atoms with van der Waals surface area (Å²) in [5.41, 5.74) is -4.16. The van der Waals surface area contributed by atoms with E-state index in [1.165, 1.54) is 0 Å². The van der Waals surface area contributed by atoms with E-state index in [9.17, 15) is 67.0 Å². The fourth-order valence-corrected chi connectivity index (χ4v) is 3.35. The first-order chi connectivity index (χ1) is 13.8. The second-order valence-electron chi connectivity index (χ2n) is 6.78. The molecule has 0 aromatic heterocycles. The molecule has 0 atom stereocenters. The Balaban J connectivity index is 2.20. The fourth-order valence-electron chi connectivity index (χ4n) is 3.35. The number of aliphatic hydroxyl groups is 1. The van der Waals surface area contributed by atoms with Crippen LogP contribution in [-0.4, -0.2) is 40.5 Å². The molecule has 2 aliphatic carbocycles. The maximum atomic E-state index is 14.0. The average molecular weight is 476 g/mol. The Kier molecular flexibility index (Phi) is 4.53. The van der Waals surface area contributed by atoms with Crippen molar-refractivity contribution in [3.05, 3.63) is 40.2 Å². The third kappa shape index (κ3) is 2.45. The van der Waals surface area contributed by atoms with E-state index in [2.05, 4.69) is 0 Å². The number of carbonyl (C=O) groups is 1. The van der Waals surface area contributed by atoms with Crippen LogP contribution in [0.15, 0.2) is 11.6 Å². The lowest BCUT2D eigenvalue weighted by molar-refractivity contribution is -0.456. The summed E-state index contributed by atoms with van der Waals surface area (Å²) in [5, 5.41) is 9.78. The topological polar surface area (TPSA) is 37.3 Å². The van der Waals surface area contributed by atoms with Crippen LogP contribution < -0.4 is 0 Å². The molecule has 3 rings (SSSR count). The number of allylic oxidation sites excluding steroid dienone is 1. The second-order valence-corrected chi connectivity index (χ2v) is 6.78. The molecule has 15 heteroatoms. The molecule has 0 radical (unpaired) electrons. The van der Waals surface area contributed by atoms with Crippen LogP contribution in [0.1, 0.15) is 11.1 Å². The molecule has 2 nitrogen and oxygen atoms in total. The van der Waals surface area contributed by atoms with Gasteiger partial charge in [-0.3, -0.25) is 4.79 Å². The fraction of sp³-hybridized carbons (Fsp3) is 0.438. The molecule has 0 heterocycles. The summed E-state index contributed by atoms with van der Waals surface area (Å²) >= 11 is 0. The monoisotopic (exact) mass is 476 g/mol. The van der Waals surface area contributed by atoms with Gasteiger partial charge in [0, 0.05) is 23.1 Å². The second kappa shape index (κ2) is 6.06. The van der Waals surface area contributed by atoms with Crippen molar-refractivity contribution in [3.63, 3.8) is 0 Å². The number of benzene rings is 1. The number of Topliss-reactive ketones (excluding diaryl/α,β-unsaturated/α-hetero) is 1. The number of ketones is 1. The van der Waals surface area contributed by atoms with Crippen molar-refractivity contribution in [2.75, 3.05) is 0 Å². The van der Waals surface area contributed by atoms with Gasteiger partial charge in [0.15, 0.2) is 29.2 Å². The van der Waals surface area contributed by atoms with Crippen molar-refractivity contribution < 1.29 is 67.0 Å². The lowest BCUT2D eigenvalue weighted by Crippen LogP contribution is -2.78. The highest BCUT2D eigenvalue weighted by molar-refractivity contribution is 6.06. The van der Waals surface area contributed by atoms with E-state index in [4.69, 9.17) is 0 Å². The van der Waals surface area contributed by atoms with Crippen LogP contribution in [0.3, 0.4) is 0 Å². The largest absolute Gasteiger partial charge is 0.507 e. The predicted molar refractivity (Wildman–Crippen MR) is 72.8 cm³/mol. The van der Waals surface area contributed by atoms with Gasteiger partial charge in [-0.25, -0.2) is 13.2 Å². The van der Waals surface area contributed by atoms with Gasteiger partial charge >= 0.3 is 29.6 Å². The van der Waals surface area contributed by atoms with Gasteiger partial charge in [-0.05, 0) is 6.07 Å².